The molecule has 0 aliphatic carbocycles. The Morgan fingerprint density at radius 3 is 3.00 bits per heavy atom. The van der Waals surface area contributed by atoms with Crippen LogP contribution in [-0.2, 0) is 4.74 Å². The molecule has 2 aliphatic rings. The van der Waals surface area contributed by atoms with Gasteiger partial charge in [-0.15, -0.1) is 0 Å². The highest BCUT2D eigenvalue weighted by atomic mass is 16.5. The van der Waals surface area contributed by atoms with Crippen LogP contribution < -0.4 is 5.73 Å². The van der Waals surface area contributed by atoms with E-state index in [0.717, 1.165) is 19.5 Å². The molecule has 5 heteroatoms. The maximum atomic E-state index is 12.4. The van der Waals surface area contributed by atoms with Gasteiger partial charge in [-0.1, -0.05) is 6.92 Å². The summed E-state index contributed by atoms with van der Waals surface area (Å²) in [5, 5.41) is 0. The number of piperidine rings is 1. The van der Waals surface area contributed by atoms with Gasteiger partial charge in [-0.05, 0) is 18.8 Å². The largest absolute Gasteiger partial charge is 0.377 e. The molecule has 2 amide bonds. The van der Waals surface area contributed by atoms with Gasteiger partial charge in [0.15, 0.2) is 0 Å². The molecular weight excluding hydrogens is 218 g/mol. The monoisotopic (exact) mass is 241 g/mol. The van der Waals surface area contributed by atoms with Gasteiger partial charge in [-0.25, -0.2) is 4.79 Å². The fraction of sp³-hybridized carbons (Fsp3) is 0.917. The van der Waals surface area contributed by atoms with E-state index < -0.39 is 0 Å². The highest BCUT2D eigenvalue weighted by molar-refractivity contribution is 5.75. The first-order valence-electron chi connectivity index (χ1n) is 6.55. The van der Waals surface area contributed by atoms with Crippen LogP contribution >= 0.6 is 0 Å². The van der Waals surface area contributed by atoms with Gasteiger partial charge in [-0.3, -0.25) is 0 Å². The molecule has 2 unspecified atom stereocenters. The lowest BCUT2D eigenvalue weighted by molar-refractivity contribution is 0.00452. The molecule has 2 saturated heterocycles. The lowest BCUT2D eigenvalue weighted by atomic mass is 10.0. The lowest BCUT2D eigenvalue weighted by Crippen LogP contribution is -2.57. The minimum Gasteiger partial charge on any atom is -0.377 e. The normalized spacial score (nSPS) is 30.5. The van der Waals surface area contributed by atoms with E-state index in [4.69, 9.17) is 10.5 Å². The average molecular weight is 241 g/mol. The van der Waals surface area contributed by atoms with E-state index in [-0.39, 0.29) is 12.1 Å². The van der Waals surface area contributed by atoms with Crippen molar-refractivity contribution in [3.8, 4) is 0 Å². The van der Waals surface area contributed by atoms with Crippen LogP contribution in [0.15, 0.2) is 0 Å². The summed E-state index contributed by atoms with van der Waals surface area (Å²) >= 11 is 0. The van der Waals surface area contributed by atoms with Crippen molar-refractivity contribution in [1.82, 2.24) is 9.80 Å². The molecule has 2 heterocycles. The summed E-state index contributed by atoms with van der Waals surface area (Å²) in [5.41, 5.74) is 5.70. The predicted octanol–water partition coefficient (Wildman–Crippen LogP) is 0.498. The number of rotatable bonds is 1. The highest BCUT2D eigenvalue weighted by Crippen LogP contribution is 2.18. The predicted molar refractivity (Wildman–Crippen MR) is 65.7 cm³/mol. The zero-order chi connectivity index (χ0) is 12.3. The third-order valence-corrected chi connectivity index (χ3v) is 3.67. The molecule has 98 valence electrons. The molecule has 0 spiro atoms. The molecule has 0 aromatic heterocycles. The standard InChI is InChI=1S/C12H23N3O2/c1-10-3-2-4-14(8-10)12(16)15-5-6-17-9-11(15)7-13/h10-11H,2-9,13H2,1H3. The number of morpholine rings is 1. The van der Waals surface area contributed by atoms with E-state index in [1.165, 1.54) is 6.42 Å². The number of nitrogens with two attached hydrogens (primary N) is 1. The summed E-state index contributed by atoms with van der Waals surface area (Å²) < 4.78 is 5.37. The van der Waals surface area contributed by atoms with Crippen LogP contribution in [0.2, 0.25) is 0 Å². The number of ether oxygens (including phenoxy) is 1. The summed E-state index contributed by atoms with van der Waals surface area (Å²) in [7, 11) is 0. The number of amides is 2. The van der Waals surface area contributed by atoms with Crippen molar-refractivity contribution in [2.45, 2.75) is 25.8 Å². The molecule has 2 atom stereocenters. The summed E-state index contributed by atoms with van der Waals surface area (Å²) in [4.78, 5) is 16.3. The Labute approximate surface area is 103 Å². The van der Waals surface area contributed by atoms with Gasteiger partial charge in [0.1, 0.15) is 0 Å². The molecule has 0 aromatic carbocycles. The van der Waals surface area contributed by atoms with Crippen molar-refractivity contribution in [3.63, 3.8) is 0 Å². The van der Waals surface area contributed by atoms with Crippen molar-refractivity contribution >= 4 is 6.03 Å². The maximum absolute atomic E-state index is 12.4. The highest BCUT2D eigenvalue weighted by Gasteiger charge is 2.31. The molecule has 2 fully saturated rings. The first-order chi connectivity index (χ1) is 8.22. The smallest absolute Gasteiger partial charge is 0.320 e. The van der Waals surface area contributed by atoms with Gasteiger partial charge in [0.05, 0.1) is 19.3 Å². The van der Waals surface area contributed by atoms with E-state index in [9.17, 15) is 4.79 Å². The zero-order valence-electron chi connectivity index (χ0n) is 10.6. The topological polar surface area (TPSA) is 58.8 Å². The molecule has 2 rings (SSSR count). The van der Waals surface area contributed by atoms with Gasteiger partial charge in [0, 0.05) is 26.2 Å². The number of hydrogen-bond acceptors (Lipinski definition) is 3. The molecule has 5 nitrogen and oxygen atoms in total. The fourth-order valence-electron chi connectivity index (χ4n) is 2.65. The maximum Gasteiger partial charge on any atom is 0.320 e. The second-order valence-corrected chi connectivity index (χ2v) is 5.13. The van der Waals surface area contributed by atoms with Crippen LogP contribution in [-0.4, -0.2) is 61.3 Å². The Kier molecular flexibility index (Phi) is 4.23. The van der Waals surface area contributed by atoms with Crippen LogP contribution in [0.4, 0.5) is 4.79 Å². The Bertz CT molecular complexity index is 272. The minimum absolute atomic E-state index is 0.0495. The Balaban J connectivity index is 1.97. The zero-order valence-corrected chi connectivity index (χ0v) is 10.6. The number of likely N-dealkylation sites (tertiary alicyclic amines) is 1. The second kappa shape index (κ2) is 5.69. The van der Waals surface area contributed by atoms with Crippen molar-refractivity contribution < 1.29 is 9.53 Å². The van der Waals surface area contributed by atoms with Crippen molar-refractivity contribution in [1.29, 1.82) is 0 Å². The van der Waals surface area contributed by atoms with Crippen LogP contribution in [0.25, 0.3) is 0 Å². The van der Waals surface area contributed by atoms with E-state index >= 15 is 0 Å². The van der Waals surface area contributed by atoms with Gasteiger partial charge < -0.3 is 20.3 Å². The SMILES string of the molecule is CC1CCCN(C(=O)N2CCOCC2CN)C1. The summed E-state index contributed by atoms with van der Waals surface area (Å²) in [5.74, 6) is 0.616. The first-order valence-corrected chi connectivity index (χ1v) is 6.55. The van der Waals surface area contributed by atoms with Gasteiger partial charge >= 0.3 is 6.03 Å². The lowest BCUT2D eigenvalue weighted by Gasteiger charge is -2.40. The third-order valence-electron chi connectivity index (χ3n) is 3.67. The number of hydrogen-bond donors (Lipinski definition) is 1. The van der Waals surface area contributed by atoms with Gasteiger partial charge in [-0.2, -0.15) is 0 Å². The molecule has 2 N–H and O–H groups in total. The molecule has 2 aliphatic heterocycles. The Morgan fingerprint density at radius 1 is 1.47 bits per heavy atom. The number of carbonyl (C=O) groups excluding carboxylic acids is 1. The number of carbonyl (C=O) groups is 1. The van der Waals surface area contributed by atoms with E-state index in [1.807, 2.05) is 9.80 Å². The van der Waals surface area contributed by atoms with Crippen molar-refractivity contribution in [2.24, 2.45) is 11.7 Å². The molecule has 0 saturated carbocycles. The van der Waals surface area contributed by atoms with Crippen LogP contribution in [0.3, 0.4) is 0 Å². The van der Waals surface area contributed by atoms with Crippen molar-refractivity contribution in [3.05, 3.63) is 0 Å². The quantitative estimate of drug-likeness (QED) is 0.727. The Morgan fingerprint density at radius 2 is 2.29 bits per heavy atom. The van der Waals surface area contributed by atoms with Crippen LogP contribution in [0.5, 0.6) is 0 Å². The minimum atomic E-state index is 0.0495. The van der Waals surface area contributed by atoms with Crippen LogP contribution in [0.1, 0.15) is 19.8 Å². The second-order valence-electron chi connectivity index (χ2n) is 5.13. The van der Waals surface area contributed by atoms with E-state index in [1.54, 1.807) is 0 Å². The molecule has 0 radical (unpaired) electrons. The Hall–Kier alpha value is -0.810. The fourth-order valence-corrected chi connectivity index (χ4v) is 2.65. The summed E-state index contributed by atoms with van der Waals surface area (Å²) in [6, 6.07) is 0.198. The summed E-state index contributed by atoms with van der Waals surface area (Å²) in [6.07, 6.45) is 2.34. The van der Waals surface area contributed by atoms with Gasteiger partial charge in [0.2, 0.25) is 0 Å². The molecular formula is C12H23N3O2. The molecule has 17 heavy (non-hydrogen) atoms. The summed E-state index contributed by atoms with van der Waals surface area (Å²) in [6.45, 7) is 6.34. The third kappa shape index (κ3) is 2.90. The first kappa shape index (κ1) is 12.6. The van der Waals surface area contributed by atoms with Crippen LogP contribution in [0, 0.1) is 5.92 Å². The van der Waals surface area contributed by atoms with Crippen molar-refractivity contribution in [2.75, 3.05) is 39.4 Å². The molecule has 0 bridgehead atoms. The van der Waals surface area contributed by atoms with E-state index in [0.29, 0.717) is 32.2 Å². The molecule has 0 aromatic rings. The van der Waals surface area contributed by atoms with E-state index in [2.05, 4.69) is 6.92 Å². The number of nitrogens with zero attached hydrogens (tertiary/aromatic N) is 2. The average Bonchev–Trinajstić information content (AvgIpc) is 2.38. The van der Waals surface area contributed by atoms with Gasteiger partial charge in [0.25, 0.3) is 0 Å². The number of urea groups is 1.